The number of nitrogens with zero attached hydrogens (tertiary/aromatic N) is 1. The molecule has 19 heavy (non-hydrogen) atoms. The van der Waals surface area contributed by atoms with Crippen LogP contribution in [0.1, 0.15) is 23.2 Å². The molecule has 0 saturated heterocycles. The van der Waals surface area contributed by atoms with Crippen LogP contribution in [-0.4, -0.2) is 25.2 Å². The fraction of sp³-hybridized carbons (Fsp3) is 0.273. The molecule has 0 aliphatic carbocycles. The number of carbonyl (C=O) groups is 1. The van der Waals surface area contributed by atoms with E-state index in [4.69, 9.17) is 10.4 Å². The highest BCUT2D eigenvalue weighted by molar-refractivity contribution is 9.10. The lowest BCUT2D eigenvalue weighted by Crippen LogP contribution is -2.12. The Morgan fingerprint density at radius 3 is 2.63 bits per heavy atom. The average Bonchev–Trinajstić information content (AvgIpc) is 2.31. The second kappa shape index (κ2) is 6.12. The van der Waals surface area contributed by atoms with Crippen molar-refractivity contribution in [2.24, 2.45) is 0 Å². The molecule has 1 rings (SSSR count). The number of nitriles is 1. The first-order valence-corrected chi connectivity index (χ1v) is 7.56. The summed E-state index contributed by atoms with van der Waals surface area (Å²) in [6.45, 7) is 0. The van der Waals surface area contributed by atoms with E-state index in [1.165, 1.54) is 0 Å². The van der Waals surface area contributed by atoms with Crippen LogP contribution in [0.25, 0.3) is 0 Å². The number of hydrogen-bond donors (Lipinski definition) is 1. The molecule has 0 bridgehead atoms. The van der Waals surface area contributed by atoms with E-state index >= 15 is 0 Å². The Morgan fingerprint density at radius 1 is 1.47 bits per heavy atom. The number of halogens is 2. The van der Waals surface area contributed by atoms with Crippen LogP contribution >= 0.6 is 15.9 Å². The van der Waals surface area contributed by atoms with Crippen molar-refractivity contribution >= 4 is 31.7 Å². The van der Waals surface area contributed by atoms with E-state index in [-0.39, 0.29) is 17.3 Å². The molecule has 0 saturated carbocycles. The zero-order valence-electron chi connectivity index (χ0n) is 9.56. The van der Waals surface area contributed by atoms with Gasteiger partial charge in [-0.05, 0) is 18.6 Å². The van der Waals surface area contributed by atoms with Crippen molar-refractivity contribution in [1.29, 1.82) is 5.26 Å². The molecule has 0 amide bonds. The molecular weight excluding hydrogens is 341 g/mol. The molecule has 0 fully saturated rings. The topological polar surface area (TPSA) is 95.2 Å². The number of carboxylic acids is 1. The first kappa shape index (κ1) is 15.6. The third-order valence-corrected chi connectivity index (χ3v) is 4.52. The van der Waals surface area contributed by atoms with E-state index in [1.807, 2.05) is 0 Å². The predicted octanol–water partition coefficient (Wildman–Crippen LogP) is 2.36. The molecular formula is C11H9BrFNO4S. The van der Waals surface area contributed by atoms with Gasteiger partial charge in [-0.25, -0.2) is 17.6 Å². The van der Waals surface area contributed by atoms with E-state index in [0.717, 1.165) is 12.1 Å². The molecule has 1 N–H and O–H groups in total. The lowest BCUT2D eigenvalue weighted by atomic mass is 10.2. The molecule has 0 radical (unpaired) electrons. The molecule has 0 aliphatic heterocycles. The number of sulfone groups is 1. The van der Waals surface area contributed by atoms with Gasteiger partial charge in [0.25, 0.3) is 0 Å². The Kier molecular flexibility index (Phi) is 5.03. The van der Waals surface area contributed by atoms with E-state index in [9.17, 15) is 17.6 Å². The molecule has 102 valence electrons. The van der Waals surface area contributed by atoms with Crippen molar-refractivity contribution < 1.29 is 22.7 Å². The summed E-state index contributed by atoms with van der Waals surface area (Å²) >= 11 is 2.94. The van der Waals surface area contributed by atoms with E-state index in [1.54, 1.807) is 6.07 Å². The van der Waals surface area contributed by atoms with Crippen LogP contribution in [0.5, 0.6) is 0 Å². The predicted molar refractivity (Wildman–Crippen MR) is 68.0 cm³/mol. The Bertz CT molecular complexity index is 651. The minimum atomic E-state index is -3.96. The van der Waals surface area contributed by atoms with Gasteiger partial charge in [0.15, 0.2) is 15.7 Å². The highest BCUT2D eigenvalue weighted by Crippen LogP contribution is 2.25. The number of carboxylic acid groups (broad SMARTS) is 1. The summed E-state index contributed by atoms with van der Waals surface area (Å²) in [5.41, 5.74) is -0.715. The Morgan fingerprint density at radius 2 is 2.11 bits per heavy atom. The van der Waals surface area contributed by atoms with Crippen molar-refractivity contribution in [3.8, 4) is 6.07 Å². The zero-order valence-corrected chi connectivity index (χ0v) is 12.0. The maximum atomic E-state index is 13.9. The number of hydrogen-bond acceptors (Lipinski definition) is 4. The number of aromatic carboxylic acids is 1. The monoisotopic (exact) mass is 349 g/mol. The van der Waals surface area contributed by atoms with Gasteiger partial charge >= 0.3 is 5.97 Å². The van der Waals surface area contributed by atoms with E-state index < -0.39 is 37.8 Å². The van der Waals surface area contributed by atoms with Gasteiger partial charge in [0, 0.05) is 10.9 Å². The van der Waals surface area contributed by atoms with Gasteiger partial charge in [-0.15, -0.1) is 0 Å². The summed E-state index contributed by atoms with van der Waals surface area (Å²) in [6.07, 6.45) is 0.0911. The van der Waals surface area contributed by atoms with Gasteiger partial charge in [0.2, 0.25) is 0 Å². The third kappa shape index (κ3) is 3.75. The largest absolute Gasteiger partial charge is 0.478 e. The van der Waals surface area contributed by atoms with Gasteiger partial charge in [-0.1, -0.05) is 15.9 Å². The van der Waals surface area contributed by atoms with Gasteiger partial charge in [-0.3, -0.25) is 0 Å². The van der Waals surface area contributed by atoms with Crippen LogP contribution in [0, 0.1) is 17.1 Å². The zero-order chi connectivity index (χ0) is 14.6. The fourth-order valence-electron chi connectivity index (χ4n) is 1.40. The van der Waals surface area contributed by atoms with E-state index in [0.29, 0.717) is 0 Å². The lowest BCUT2D eigenvalue weighted by Gasteiger charge is -2.07. The summed E-state index contributed by atoms with van der Waals surface area (Å²) in [6, 6.07) is 3.80. The van der Waals surface area contributed by atoms with Crippen molar-refractivity contribution in [3.05, 3.63) is 28.0 Å². The van der Waals surface area contributed by atoms with Gasteiger partial charge < -0.3 is 5.11 Å². The second-order valence-electron chi connectivity index (χ2n) is 3.65. The Hall–Kier alpha value is -1.46. The van der Waals surface area contributed by atoms with Crippen LogP contribution in [0.2, 0.25) is 0 Å². The molecule has 1 aromatic rings. The number of unbranched alkanes of at least 4 members (excludes halogenated alkanes) is 1. The minimum Gasteiger partial charge on any atom is -0.478 e. The molecule has 8 heteroatoms. The number of rotatable bonds is 5. The minimum absolute atomic E-state index is 0.0284. The highest BCUT2D eigenvalue weighted by atomic mass is 79.9. The smallest absolute Gasteiger partial charge is 0.338 e. The van der Waals surface area contributed by atoms with Crippen molar-refractivity contribution in [1.82, 2.24) is 0 Å². The van der Waals surface area contributed by atoms with Crippen LogP contribution in [0.3, 0.4) is 0 Å². The summed E-state index contributed by atoms with van der Waals surface area (Å²) in [5.74, 6) is -3.24. The maximum absolute atomic E-state index is 13.9. The second-order valence-corrected chi connectivity index (χ2v) is 6.64. The summed E-state index contributed by atoms with van der Waals surface area (Å²) in [4.78, 5) is 10.1. The Labute approximate surface area is 117 Å². The quantitative estimate of drug-likeness (QED) is 0.823. The van der Waals surface area contributed by atoms with Crippen LogP contribution < -0.4 is 0 Å². The van der Waals surface area contributed by atoms with Gasteiger partial charge in [0.05, 0.1) is 17.4 Å². The molecule has 0 atom stereocenters. The molecule has 1 aromatic carbocycles. The SMILES string of the molecule is N#CCCCS(=O)(=O)c1cc(Br)cc(C(=O)O)c1F. The van der Waals surface area contributed by atoms with Crippen LogP contribution in [0.4, 0.5) is 4.39 Å². The standard InChI is InChI=1S/C11H9BrFNO4S/c12-7-5-8(11(15)16)10(13)9(6-7)19(17,18)4-2-1-3-14/h5-6H,1-2,4H2,(H,15,16). The van der Waals surface area contributed by atoms with E-state index in [2.05, 4.69) is 15.9 Å². The maximum Gasteiger partial charge on any atom is 0.338 e. The first-order valence-electron chi connectivity index (χ1n) is 5.11. The summed E-state index contributed by atoms with van der Waals surface area (Å²) < 4.78 is 37.8. The molecule has 0 aliphatic rings. The van der Waals surface area contributed by atoms with Gasteiger partial charge in [0.1, 0.15) is 4.90 Å². The lowest BCUT2D eigenvalue weighted by molar-refractivity contribution is 0.0691. The first-order chi connectivity index (χ1) is 8.79. The highest BCUT2D eigenvalue weighted by Gasteiger charge is 2.24. The summed E-state index contributed by atoms with van der Waals surface area (Å²) in [7, 11) is -3.96. The van der Waals surface area contributed by atoms with Crippen LogP contribution in [-0.2, 0) is 9.84 Å². The normalized spacial score (nSPS) is 11.0. The average molecular weight is 350 g/mol. The Balaban J connectivity index is 3.27. The van der Waals surface area contributed by atoms with Crippen molar-refractivity contribution in [2.75, 3.05) is 5.75 Å². The molecule has 5 nitrogen and oxygen atoms in total. The summed E-state index contributed by atoms with van der Waals surface area (Å²) in [5, 5.41) is 17.1. The van der Waals surface area contributed by atoms with Crippen molar-refractivity contribution in [3.63, 3.8) is 0 Å². The molecule has 0 spiro atoms. The third-order valence-electron chi connectivity index (χ3n) is 2.27. The molecule has 0 unspecified atom stereocenters. The van der Waals surface area contributed by atoms with Gasteiger partial charge in [-0.2, -0.15) is 5.26 Å². The number of benzene rings is 1. The molecule has 0 heterocycles. The van der Waals surface area contributed by atoms with Crippen LogP contribution in [0.15, 0.2) is 21.5 Å². The molecule has 0 aromatic heterocycles. The fourth-order valence-corrected chi connectivity index (χ4v) is 3.44. The van der Waals surface area contributed by atoms with Crippen molar-refractivity contribution in [2.45, 2.75) is 17.7 Å².